The smallest absolute Gasteiger partial charge is 0.262 e. The molecule has 8 heteroatoms. The molecule has 0 bridgehead atoms. The van der Waals surface area contributed by atoms with Crippen molar-refractivity contribution in [2.24, 2.45) is 5.16 Å². The number of hydrogen-bond donors (Lipinski definition) is 1. The SMILES string of the molecule is CC(=NOc1cccnc1)c1ccc(NC(=O)c2c(F)cccc2F)nc1. The summed E-state index contributed by atoms with van der Waals surface area (Å²) in [5.74, 6) is -2.18. The van der Waals surface area contributed by atoms with Crippen LogP contribution >= 0.6 is 0 Å². The summed E-state index contributed by atoms with van der Waals surface area (Å²) in [6.07, 6.45) is 4.60. The first-order valence-corrected chi connectivity index (χ1v) is 7.88. The van der Waals surface area contributed by atoms with Gasteiger partial charge in [-0.2, -0.15) is 0 Å². The molecule has 1 aromatic carbocycles. The highest BCUT2D eigenvalue weighted by molar-refractivity contribution is 6.04. The molecule has 0 fully saturated rings. The van der Waals surface area contributed by atoms with E-state index in [4.69, 9.17) is 4.84 Å². The molecule has 3 rings (SSSR count). The van der Waals surface area contributed by atoms with Crippen LogP contribution in [-0.4, -0.2) is 21.6 Å². The largest absolute Gasteiger partial charge is 0.355 e. The van der Waals surface area contributed by atoms with Crippen LogP contribution in [-0.2, 0) is 0 Å². The molecule has 0 radical (unpaired) electrons. The fourth-order valence-electron chi connectivity index (χ4n) is 2.15. The molecule has 6 nitrogen and oxygen atoms in total. The van der Waals surface area contributed by atoms with E-state index in [9.17, 15) is 13.6 Å². The quantitative estimate of drug-likeness (QED) is 0.549. The molecular weight excluding hydrogens is 354 g/mol. The van der Waals surface area contributed by atoms with Gasteiger partial charge in [0, 0.05) is 18.0 Å². The summed E-state index contributed by atoms with van der Waals surface area (Å²) in [6.45, 7) is 1.72. The van der Waals surface area contributed by atoms with E-state index in [-0.39, 0.29) is 5.82 Å². The molecule has 27 heavy (non-hydrogen) atoms. The normalized spacial score (nSPS) is 11.1. The molecule has 2 aromatic heterocycles. The van der Waals surface area contributed by atoms with Crippen LogP contribution < -0.4 is 10.2 Å². The molecule has 0 atom stereocenters. The maximum Gasteiger partial charge on any atom is 0.262 e. The zero-order valence-electron chi connectivity index (χ0n) is 14.2. The summed E-state index contributed by atoms with van der Waals surface area (Å²) in [5, 5.41) is 6.33. The highest BCUT2D eigenvalue weighted by Gasteiger charge is 2.17. The van der Waals surface area contributed by atoms with E-state index in [1.165, 1.54) is 24.5 Å². The van der Waals surface area contributed by atoms with E-state index in [1.807, 2.05) is 0 Å². The van der Waals surface area contributed by atoms with Crippen LogP contribution in [0.25, 0.3) is 0 Å². The van der Waals surface area contributed by atoms with Gasteiger partial charge in [-0.3, -0.25) is 9.78 Å². The van der Waals surface area contributed by atoms with Crippen molar-refractivity contribution >= 4 is 17.4 Å². The molecule has 0 saturated carbocycles. The van der Waals surface area contributed by atoms with Gasteiger partial charge in [-0.25, -0.2) is 13.8 Å². The lowest BCUT2D eigenvalue weighted by Gasteiger charge is -2.07. The number of carbonyl (C=O) groups excluding carboxylic acids is 1. The number of aromatic nitrogens is 2. The fraction of sp³-hybridized carbons (Fsp3) is 0.0526. The Morgan fingerprint density at radius 1 is 1.07 bits per heavy atom. The number of carbonyl (C=O) groups is 1. The minimum atomic E-state index is -0.945. The highest BCUT2D eigenvalue weighted by Crippen LogP contribution is 2.15. The average Bonchev–Trinajstić information content (AvgIpc) is 2.67. The minimum Gasteiger partial charge on any atom is -0.355 e. The zero-order valence-corrected chi connectivity index (χ0v) is 14.2. The summed E-state index contributed by atoms with van der Waals surface area (Å²) in [6, 6.07) is 9.78. The number of pyridine rings is 2. The van der Waals surface area contributed by atoms with Crippen LogP contribution in [0.15, 0.2) is 66.2 Å². The Balaban J connectivity index is 1.69. The van der Waals surface area contributed by atoms with Gasteiger partial charge < -0.3 is 10.2 Å². The van der Waals surface area contributed by atoms with Crippen LogP contribution in [0.3, 0.4) is 0 Å². The van der Waals surface area contributed by atoms with E-state index in [2.05, 4.69) is 20.4 Å². The minimum absolute atomic E-state index is 0.146. The third-order valence-corrected chi connectivity index (χ3v) is 3.54. The Bertz CT molecular complexity index is 957. The van der Waals surface area contributed by atoms with Crippen molar-refractivity contribution in [3.63, 3.8) is 0 Å². The first kappa shape index (κ1) is 18.1. The third kappa shape index (κ3) is 4.49. The molecule has 136 valence electrons. The second kappa shape index (κ2) is 8.13. The van der Waals surface area contributed by atoms with E-state index >= 15 is 0 Å². The molecule has 2 heterocycles. The van der Waals surface area contributed by atoms with E-state index < -0.39 is 23.1 Å². The van der Waals surface area contributed by atoms with Crippen molar-refractivity contribution < 1.29 is 18.4 Å². The summed E-state index contributed by atoms with van der Waals surface area (Å²) in [7, 11) is 0. The lowest BCUT2D eigenvalue weighted by molar-refractivity contribution is 0.101. The van der Waals surface area contributed by atoms with Gasteiger partial charge in [-0.1, -0.05) is 11.2 Å². The Labute approximate surface area is 153 Å². The summed E-state index contributed by atoms with van der Waals surface area (Å²) < 4.78 is 27.3. The number of halogens is 2. The molecule has 0 aliphatic carbocycles. The van der Waals surface area contributed by atoms with E-state index in [0.29, 0.717) is 17.0 Å². The van der Waals surface area contributed by atoms with Gasteiger partial charge in [-0.05, 0) is 43.3 Å². The number of oxime groups is 1. The van der Waals surface area contributed by atoms with Gasteiger partial charge in [0.15, 0.2) is 5.75 Å². The van der Waals surface area contributed by atoms with Gasteiger partial charge >= 0.3 is 0 Å². The molecule has 0 unspecified atom stereocenters. The second-order valence-corrected chi connectivity index (χ2v) is 5.44. The van der Waals surface area contributed by atoms with Gasteiger partial charge in [-0.15, -0.1) is 0 Å². The van der Waals surface area contributed by atoms with E-state index in [1.54, 1.807) is 31.3 Å². The van der Waals surface area contributed by atoms with Crippen LogP contribution in [0.5, 0.6) is 5.75 Å². The molecule has 3 aromatic rings. The predicted octanol–water partition coefficient (Wildman–Crippen LogP) is 3.81. The van der Waals surface area contributed by atoms with Crippen LogP contribution in [0.1, 0.15) is 22.8 Å². The summed E-state index contributed by atoms with van der Waals surface area (Å²) >= 11 is 0. The Morgan fingerprint density at radius 2 is 1.85 bits per heavy atom. The van der Waals surface area contributed by atoms with Crippen LogP contribution in [0, 0.1) is 11.6 Å². The van der Waals surface area contributed by atoms with Crippen molar-refractivity contribution in [1.82, 2.24) is 9.97 Å². The predicted molar refractivity (Wildman–Crippen MR) is 95.6 cm³/mol. The zero-order chi connectivity index (χ0) is 19.2. The maximum absolute atomic E-state index is 13.6. The lowest BCUT2D eigenvalue weighted by Crippen LogP contribution is -2.16. The standard InChI is InChI=1S/C19H14F2N4O2/c1-12(25-27-14-4-3-9-22-11-14)13-7-8-17(23-10-13)24-19(26)18-15(20)5-2-6-16(18)21/h2-11H,1H3,(H,23,24,26). The summed E-state index contributed by atoms with van der Waals surface area (Å²) in [4.78, 5) is 25.3. The molecule has 0 spiro atoms. The number of hydrogen-bond acceptors (Lipinski definition) is 5. The number of nitrogens with zero attached hydrogens (tertiary/aromatic N) is 3. The number of nitrogens with one attached hydrogen (secondary N) is 1. The first-order valence-electron chi connectivity index (χ1n) is 7.88. The average molecular weight is 368 g/mol. The van der Waals surface area contributed by atoms with Crippen molar-refractivity contribution in [3.8, 4) is 5.75 Å². The number of amides is 1. The van der Waals surface area contributed by atoms with Crippen molar-refractivity contribution in [3.05, 3.63) is 83.8 Å². The lowest BCUT2D eigenvalue weighted by atomic mass is 10.2. The summed E-state index contributed by atoms with van der Waals surface area (Å²) in [5.41, 5.74) is 0.532. The van der Waals surface area contributed by atoms with Crippen LogP contribution in [0.2, 0.25) is 0 Å². The van der Waals surface area contributed by atoms with Gasteiger partial charge in [0.2, 0.25) is 0 Å². The fourth-order valence-corrected chi connectivity index (χ4v) is 2.15. The Morgan fingerprint density at radius 3 is 2.48 bits per heavy atom. The third-order valence-electron chi connectivity index (χ3n) is 3.54. The highest BCUT2D eigenvalue weighted by atomic mass is 19.1. The second-order valence-electron chi connectivity index (χ2n) is 5.44. The van der Waals surface area contributed by atoms with E-state index in [0.717, 1.165) is 12.1 Å². The Hall–Kier alpha value is -3.68. The topological polar surface area (TPSA) is 76.5 Å². The van der Waals surface area contributed by atoms with Gasteiger partial charge in [0.05, 0.1) is 11.9 Å². The number of anilines is 1. The van der Waals surface area contributed by atoms with Crippen LogP contribution in [0.4, 0.5) is 14.6 Å². The molecular formula is C19H14F2N4O2. The van der Waals surface area contributed by atoms with Crippen molar-refractivity contribution in [1.29, 1.82) is 0 Å². The molecule has 1 amide bonds. The van der Waals surface area contributed by atoms with Crippen molar-refractivity contribution in [2.45, 2.75) is 6.92 Å². The van der Waals surface area contributed by atoms with Crippen molar-refractivity contribution in [2.75, 3.05) is 5.32 Å². The maximum atomic E-state index is 13.6. The monoisotopic (exact) mass is 368 g/mol. The Kier molecular flexibility index (Phi) is 5.46. The first-order chi connectivity index (χ1) is 13.0. The molecule has 1 N–H and O–H groups in total. The molecule has 0 aliphatic heterocycles. The number of benzene rings is 1. The number of rotatable bonds is 5. The van der Waals surface area contributed by atoms with Gasteiger partial charge in [0.1, 0.15) is 23.0 Å². The van der Waals surface area contributed by atoms with Gasteiger partial charge in [0.25, 0.3) is 5.91 Å². The molecule has 0 aliphatic rings. The molecule has 0 saturated heterocycles.